The van der Waals surface area contributed by atoms with E-state index in [4.69, 9.17) is 34.3 Å². The Morgan fingerprint density at radius 3 is 2.15 bits per heavy atom. The molecule has 5 rings (SSSR count). The second kappa shape index (κ2) is 13.1. The van der Waals surface area contributed by atoms with Crippen LogP contribution in [0.15, 0.2) is 60.8 Å². The summed E-state index contributed by atoms with van der Waals surface area (Å²) in [6.07, 6.45) is -6.38. The lowest BCUT2D eigenvalue weighted by atomic mass is 9.84. The molecule has 15 heteroatoms. The number of carboxylic acids is 2. The molecule has 0 amide bonds. The zero-order valence-electron chi connectivity index (χ0n) is 21.2. The highest BCUT2D eigenvalue weighted by molar-refractivity contribution is 5.78. The van der Waals surface area contributed by atoms with Crippen LogP contribution in [-0.4, -0.2) is 80.8 Å². The van der Waals surface area contributed by atoms with Crippen LogP contribution >= 0.6 is 0 Å². The van der Waals surface area contributed by atoms with Crippen molar-refractivity contribution in [3.05, 3.63) is 66.5 Å². The third-order valence-corrected chi connectivity index (χ3v) is 5.92. The first kappa shape index (κ1) is 31.5. The number of alkyl halides is 6. The molecule has 1 unspecified atom stereocenters. The van der Waals surface area contributed by atoms with Gasteiger partial charge in [-0.25, -0.2) is 14.6 Å². The first-order valence-corrected chi connectivity index (χ1v) is 12.1. The minimum absolute atomic E-state index is 0.0749. The highest BCUT2D eigenvalue weighted by Crippen LogP contribution is 2.36. The van der Waals surface area contributed by atoms with Gasteiger partial charge in [0.25, 0.3) is 0 Å². The monoisotopic (exact) mass is 589 g/mol. The molecule has 0 saturated carbocycles. The van der Waals surface area contributed by atoms with Gasteiger partial charge >= 0.3 is 24.3 Å². The lowest BCUT2D eigenvalue weighted by Crippen LogP contribution is -2.65. The molecule has 4 heterocycles. The number of carboxylic acid groups (broad SMARTS) is 2. The summed E-state index contributed by atoms with van der Waals surface area (Å²) < 4.78 is 75.7. The topological polar surface area (TPSA) is 122 Å². The first-order chi connectivity index (χ1) is 19.2. The van der Waals surface area contributed by atoms with Crippen molar-refractivity contribution in [3.63, 3.8) is 0 Å². The molecule has 0 aliphatic carbocycles. The highest BCUT2D eigenvalue weighted by atomic mass is 19.4. The standard InChI is InChI=1S/C22H23N3O2.2C2HF3O2/c1-2-6-20-17(5-1)8-9-18(24-20)14-25-15-22(16-25)13-19(10-12-26-22)27-21-7-3-4-11-23-21;2*3-2(4,5)1(6)7/h1-9,11,19H,10,12-16H2;2*(H,6,7). The third kappa shape index (κ3) is 9.56. The maximum Gasteiger partial charge on any atom is 0.490 e. The molecule has 222 valence electrons. The van der Waals surface area contributed by atoms with Gasteiger partial charge in [-0.2, -0.15) is 26.3 Å². The predicted octanol–water partition coefficient (Wildman–Crippen LogP) is 4.71. The number of hydrogen-bond donors (Lipinski definition) is 2. The molecular weight excluding hydrogens is 564 g/mol. The molecule has 2 N–H and O–H groups in total. The Morgan fingerprint density at radius 2 is 1.56 bits per heavy atom. The molecule has 2 aliphatic rings. The molecule has 2 aromatic heterocycles. The fraction of sp³-hybridized carbons (Fsp3) is 0.385. The van der Waals surface area contributed by atoms with Gasteiger partial charge in [0.1, 0.15) is 6.10 Å². The van der Waals surface area contributed by atoms with Crippen molar-refractivity contribution in [1.82, 2.24) is 14.9 Å². The number of aliphatic carboxylic acids is 2. The fourth-order valence-electron chi connectivity index (χ4n) is 4.20. The second-order valence-corrected chi connectivity index (χ2v) is 9.18. The van der Waals surface area contributed by atoms with Gasteiger partial charge in [0.2, 0.25) is 5.88 Å². The van der Waals surface area contributed by atoms with Crippen molar-refractivity contribution in [2.24, 2.45) is 0 Å². The number of nitrogens with zero attached hydrogens (tertiary/aromatic N) is 3. The van der Waals surface area contributed by atoms with Crippen LogP contribution in [0.25, 0.3) is 10.9 Å². The number of aromatic nitrogens is 2. The molecule has 3 aromatic rings. The van der Waals surface area contributed by atoms with Crippen LogP contribution in [0.5, 0.6) is 5.88 Å². The van der Waals surface area contributed by atoms with Crippen molar-refractivity contribution < 1.29 is 55.6 Å². The number of ether oxygens (including phenoxy) is 2. The molecule has 0 radical (unpaired) electrons. The van der Waals surface area contributed by atoms with Crippen LogP contribution in [0.3, 0.4) is 0 Å². The van der Waals surface area contributed by atoms with Crippen molar-refractivity contribution in [3.8, 4) is 5.88 Å². The van der Waals surface area contributed by atoms with E-state index in [1.54, 1.807) is 6.20 Å². The van der Waals surface area contributed by atoms with Crippen molar-refractivity contribution in [2.45, 2.75) is 43.4 Å². The van der Waals surface area contributed by atoms with Crippen LogP contribution in [0.1, 0.15) is 18.5 Å². The Morgan fingerprint density at radius 1 is 0.951 bits per heavy atom. The first-order valence-electron chi connectivity index (χ1n) is 12.1. The quantitative estimate of drug-likeness (QED) is 0.417. The Kier molecular flexibility index (Phi) is 10.1. The minimum atomic E-state index is -5.08. The normalized spacial score (nSPS) is 18.2. The zero-order valence-corrected chi connectivity index (χ0v) is 21.2. The Bertz CT molecular complexity index is 1290. The van der Waals surface area contributed by atoms with Crippen LogP contribution in [0, 0.1) is 0 Å². The van der Waals surface area contributed by atoms with Gasteiger partial charge in [-0.15, -0.1) is 0 Å². The SMILES string of the molecule is O=C(O)C(F)(F)F.O=C(O)C(F)(F)F.c1ccc(OC2CCOC3(C2)CN(Cc2ccc4ccccc4n2)C3)nc1. The van der Waals surface area contributed by atoms with E-state index in [0.717, 1.165) is 50.3 Å². The molecule has 1 atom stereocenters. The average Bonchev–Trinajstić information content (AvgIpc) is 2.88. The van der Waals surface area contributed by atoms with Crippen LogP contribution in [0.4, 0.5) is 26.3 Å². The zero-order chi connectivity index (χ0) is 30.3. The number of carbonyl (C=O) groups is 2. The van der Waals surface area contributed by atoms with E-state index in [-0.39, 0.29) is 11.7 Å². The fourth-order valence-corrected chi connectivity index (χ4v) is 4.20. The van der Waals surface area contributed by atoms with Crippen molar-refractivity contribution in [2.75, 3.05) is 19.7 Å². The van der Waals surface area contributed by atoms with E-state index in [1.165, 1.54) is 5.39 Å². The van der Waals surface area contributed by atoms with E-state index in [9.17, 15) is 26.3 Å². The average molecular weight is 589 g/mol. The Labute approximate surface area is 229 Å². The maximum atomic E-state index is 10.6. The number of fused-ring (bicyclic) bond motifs is 1. The minimum Gasteiger partial charge on any atom is -0.475 e. The summed E-state index contributed by atoms with van der Waals surface area (Å²) in [5, 5.41) is 15.4. The van der Waals surface area contributed by atoms with Gasteiger partial charge in [-0.05, 0) is 18.2 Å². The molecule has 0 bridgehead atoms. The molecule has 9 nitrogen and oxygen atoms in total. The largest absolute Gasteiger partial charge is 0.490 e. The summed E-state index contributed by atoms with van der Waals surface area (Å²) in [6.45, 7) is 3.48. The van der Waals surface area contributed by atoms with E-state index >= 15 is 0 Å². The van der Waals surface area contributed by atoms with E-state index in [1.807, 2.05) is 30.3 Å². The van der Waals surface area contributed by atoms with Crippen LogP contribution < -0.4 is 4.74 Å². The summed E-state index contributed by atoms with van der Waals surface area (Å²) in [5.74, 6) is -4.81. The third-order valence-electron chi connectivity index (χ3n) is 5.92. The Balaban J connectivity index is 0.000000276. The van der Waals surface area contributed by atoms with Crippen LogP contribution in [-0.2, 0) is 20.9 Å². The van der Waals surface area contributed by atoms with Gasteiger partial charge in [-0.1, -0.05) is 30.3 Å². The summed E-state index contributed by atoms with van der Waals surface area (Å²) in [5.41, 5.74) is 2.10. The van der Waals surface area contributed by atoms with Gasteiger partial charge in [0.05, 0.1) is 23.4 Å². The number of rotatable bonds is 4. The number of likely N-dealkylation sites (tertiary alicyclic amines) is 1. The molecule has 41 heavy (non-hydrogen) atoms. The molecule has 2 saturated heterocycles. The van der Waals surface area contributed by atoms with Crippen LogP contribution in [0.2, 0.25) is 0 Å². The lowest BCUT2D eigenvalue weighted by molar-refractivity contribution is -0.193. The van der Waals surface area contributed by atoms with Gasteiger partial charge in [0, 0.05) is 50.1 Å². The number of hydrogen-bond acceptors (Lipinski definition) is 7. The van der Waals surface area contributed by atoms with Gasteiger partial charge < -0.3 is 19.7 Å². The molecular formula is C26H25F6N3O6. The molecule has 2 fully saturated rings. The van der Waals surface area contributed by atoms with Crippen molar-refractivity contribution in [1.29, 1.82) is 0 Å². The highest BCUT2D eigenvalue weighted by Gasteiger charge is 2.48. The van der Waals surface area contributed by atoms with E-state index < -0.39 is 24.3 Å². The number of pyridine rings is 2. The molecule has 2 aliphatic heterocycles. The molecule has 1 aromatic carbocycles. The van der Waals surface area contributed by atoms with Crippen molar-refractivity contribution >= 4 is 22.8 Å². The van der Waals surface area contributed by atoms with E-state index in [0.29, 0.717) is 5.88 Å². The lowest BCUT2D eigenvalue weighted by Gasteiger charge is -2.53. The summed E-state index contributed by atoms with van der Waals surface area (Å²) >= 11 is 0. The maximum absolute atomic E-state index is 10.6. The smallest absolute Gasteiger partial charge is 0.475 e. The van der Waals surface area contributed by atoms with E-state index in [2.05, 4.69) is 34.1 Å². The van der Waals surface area contributed by atoms with Gasteiger partial charge in [0.15, 0.2) is 0 Å². The summed E-state index contributed by atoms with van der Waals surface area (Å²) in [4.78, 5) is 29.3. The summed E-state index contributed by atoms with van der Waals surface area (Å²) in [6, 6.07) is 18.3. The molecule has 1 spiro atoms. The Hall–Kier alpha value is -3.98. The number of halogens is 6. The van der Waals surface area contributed by atoms with Gasteiger partial charge in [-0.3, -0.25) is 9.88 Å². The number of para-hydroxylation sites is 1. The summed E-state index contributed by atoms with van der Waals surface area (Å²) in [7, 11) is 0. The number of benzene rings is 1. The predicted molar refractivity (Wildman–Crippen MR) is 131 cm³/mol. The second-order valence-electron chi connectivity index (χ2n) is 9.18.